The van der Waals surface area contributed by atoms with Crippen molar-refractivity contribution in [3.63, 3.8) is 0 Å². The SMILES string of the molecule is CCn1nc(CN2CC3CN(C(=O)OC(C(F)(F)F)C(F)(F)F)CC3C2)cc1C(=O)NCCc1cccc(Cl)c1. The van der Waals surface area contributed by atoms with Crippen LogP contribution in [0.5, 0.6) is 0 Å². The molecule has 0 radical (unpaired) electrons. The molecular formula is C25H28ClF6N5O3. The van der Waals surface area contributed by atoms with E-state index < -0.39 is 24.5 Å². The molecule has 2 aliphatic heterocycles. The Morgan fingerprint density at radius 3 is 2.30 bits per heavy atom. The van der Waals surface area contributed by atoms with Crippen molar-refractivity contribution in [3.05, 3.63) is 52.3 Å². The fourth-order valence-corrected chi connectivity index (χ4v) is 5.38. The van der Waals surface area contributed by atoms with Gasteiger partial charge in [0.1, 0.15) is 5.69 Å². The average Bonchev–Trinajstić information content (AvgIpc) is 3.54. The number of rotatable bonds is 8. The maximum atomic E-state index is 12.8. The van der Waals surface area contributed by atoms with Gasteiger partial charge >= 0.3 is 18.4 Å². The van der Waals surface area contributed by atoms with Crippen LogP contribution in [0.1, 0.15) is 28.7 Å². The molecule has 2 atom stereocenters. The van der Waals surface area contributed by atoms with Crippen molar-refractivity contribution in [2.75, 3.05) is 32.7 Å². The molecule has 220 valence electrons. The van der Waals surface area contributed by atoms with E-state index in [-0.39, 0.29) is 30.8 Å². The number of hydrogen-bond acceptors (Lipinski definition) is 5. The lowest BCUT2D eigenvalue weighted by molar-refractivity contribution is -0.308. The van der Waals surface area contributed by atoms with Crippen molar-refractivity contribution in [2.45, 2.75) is 44.9 Å². The normalized spacial score (nSPS) is 19.8. The van der Waals surface area contributed by atoms with Gasteiger partial charge in [-0.1, -0.05) is 23.7 Å². The van der Waals surface area contributed by atoms with Crippen molar-refractivity contribution in [1.82, 2.24) is 24.9 Å². The maximum absolute atomic E-state index is 12.8. The third kappa shape index (κ3) is 7.19. The largest absolute Gasteiger partial charge is 0.434 e. The lowest BCUT2D eigenvalue weighted by atomic mass is 10.0. The first-order valence-corrected chi connectivity index (χ1v) is 13.0. The molecular weight excluding hydrogens is 568 g/mol. The predicted octanol–water partition coefficient (Wildman–Crippen LogP) is 4.52. The lowest BCUT2D eigenvalue weighted by Crippen LogP contribution is -2.48. The highest BCUT2D eigenvalue weighted by molar-refractivity contribution is 6.30. The van der Waals surface area contributed by atoms with Crippen molar-refractivity contribution in [3.8, 4) is 0 Å². The third-order valence-corrected chi connectivity index (χ3v) is 7.21. The number of aryl methyl sites for hydroxylation is 1. The molecule has 15 heteroatoms. The number of carbonyl (C=O) groups is 2. The molecule has 40 heavy (non-hydrogen) atoms. The quantitative estimate of drug-likeness (QED) is 0.454. The molecule has 1 aromatic heterocycles. The van der Waals surface area contributed by atoms with Gasteiger partial charge in [0.15, 0.2) is 0 Å². The van der Waals surface area contributed by atoms with Crippen LogP contribution in [0.15, 0.2) is 30.3 Å². The number of aromatic nitrogens is 2. The van der Waals surface area contributed by atoms with Crippen LogP contribution < -0.4 is 5.32 Å². The molecule has 1 N–H and O–H groups in total. The number of alkyl halides is 6. The fraction of sp³-hybridized carbons (Fsp3) is 0.560. The third-order valence-electron chi connectivity index (χ3n) is 6.97. The number of ether oxygens (including phenoxy) is 1. The Kier molecular flexibility index (Phi) is 8.88. The number of hydrogen-bond donors (Lipinski definition) is 1. The fourth-order valence-electron chi connectivity index (χ4n) is 5.17. The van der Waals surface area contributed by atoms with Gasteiger partial charge in [-0.25, -0.2) is 4.79 Å². The van der Waals surface area contributed by atoms with E-state index in [9.17, 15) is 35.9 Å². The van der Waals surface area contributed by atoms with Crippen LogP contribution in [0, 0.1) is 11.8 Å². The zero-order valence-corrected chi connectivity index (χ0v) is 22.2. The first kappa shape index (κ1) is 30.0. The van der Waals surface area contributed by atoms with E-state index >= 15 is 0 Å². The van der Waals surface area contributed by atoms with E-state index in [1.165, 1.54) is 0 Å². The highest BCUT2D eigenvalue weighted by atomic mass is 35.5. The van der Waals surface area contributed by atoms with E-state index in [0.29, 0.717) is 55.6 Å². The lowest BCUT2D eigenvalue weighted by Gasteiger charge is -2.26. The summed E-state index contributed by atoms with van der Waals surface area (Å²) in [4.78, 5) is 27.8. The summed E-state index contributed by atoms with van der Waals surface area (Å²) in [5.74, 6) is -0.540. The summed E-state index contributed by atoms with van der Waals surface area (Å²) in [7, 11) is 0. The topological polar surface area (TPSA) is 79.7 Å². The molecule has 1 aromatic carbocycles. The molecule has 2 aliphatic rings. The van der Waals surface area contributed by atoms with Crippen molar-refractivity contribution in [2.24, 2.45) is 11.8 Å². The summed E-state index contributed by atoms with van der Waals surface area (Å²) < 4.78 is 81.9. The van der Waals surface area contributed by atoms with Gasteiger partial charge in [-0.05, 0) is 48.9 Å². The molecule has 0 bridgehead atoms. The minimum absolute atomic E-state index is 0.00782. The summed E-state index contributed by atoms with van der Waals surface area (Å²) in [5, 5.41) is 8.01. The molecule has 8 nitrogen and oxygen atoms in total. The minimum Gasteiger partial charge on any atom is -0.426 e. The number of fused-ring (bicyclic) bond motifs is 1. The maximum Gasteiger partial charge on any atom is 0.434 e. The van der Waals surface area contributed by atoms with Crippen LogP contribution in [0.2, 0.25) is 5.02 Å². The van der Waals surface area contributed by atoms with E-state index in [4.69, 9.17) is 11.6 Å². The summed E-state index contributed by atoms with van der Waals surface area (Å²) in [6.45, 7) is 4.05. The zero-order chi connectivity index (χ0) is 29.2. The van der Waals surface area contributed by atoms with E-state index in [2.05, 4.69) is 15.2 Å². The summed E-state index contributed by atoms with van der Waals surface area (Å²) in [6, 6.07) is 9.06. The van der Waals surface area contributed by atoms with Gasteiger partial charge in [-0.3, -0.25) is 14.4 Å². The van der Waals surface area contributed by atoms with E-state index in [0.717, 1.165) is 10.5 Å². The van der Waals surface area contributed by atoms with Gasteiger partial charge in [0.05, 0.1) is 5.69 Å². The number of amides is 2. The summed E-state index contributed by atoms with van der Waals surface area (Å²) >= 11 is 5.99. The molecule has 2 saturated heterocycles. The molecule has 0 spiro atoms. The highest BCUT2D eigenvalue weighted by Crippen LogP contribution is 2.37. The van der Waals surface area contributed by atoms with Crippen LogP contribution in [-0.4, -0.2) is 82.8 Å². The Morgan fingerprint density at radius 2 is 1.73 bits per heavy atom. The van der Waals surface area contributed by atoms with Gasteiger partial charge in [0, 0.05) is 50.8 Å². The van der Waals surface area contributed by atoms with E-state index in [1.807, 2.05) is 30.0 Å². The molecule has 2 aromatic rings. The second-order valence-electron chi connectivity index (χ2n) is 9.94. The number of nitrogens with zero attached hydrogens (tertiary/aromatic N) is 4. The molecule has 3 heterocycles. The number of likely N-dealkylation sites (tertiary alicyclic amines) is 2. The predicted molar refractivity (Wildman–Crippen MR) is 132 cm³/mol. The van der Waals surface area contributed by atoms with Crippen LogP contribution in [0.25, 0.3) is 0 Å². The molecule has 2 unspecified atom stereocenters. The Balaban J connectivity index is 1.28. The van der Waals surface area contributed by atoms with Gasteiger partial charge in [0.2, 0.25) is 0 Å². The molecule has 2 amide bonds. The minimum atomic E-state index is -5.76. The average molecular weight is 596 g/mol. The van der Waals surface area contributed by atoms with Crippen LogP contribution in [-0.2, 0) is 24.2 Å². The van der Waals surface area contributed by atoms with Crippen molar-refractivity contribution >= 4 is 23.6 Å². The van der Waals surface area contributed by atoms with Crippen LogP contribution >= 0.6 is 11.6 Å². The molecule has 4 rings (SSSR count). The van der Waals surface area contributed by atoms with Crippen LogP contribution in [0.3, 0.4) is 0 Å². The van der Waals surface area contributed by atoms with Crippen LogP contribution in [0.4, 0.5) is 31.1 Å². The Labute approximate surface area is 231 Å². The summed E-state index contributed by atoms with van der Waals surface area (Å²) in [5.41, 5.74) is 2.04. The second-order valence-corrected chi connectivity index (χ2v) is 10.4. The first-order chi connectivity index (χ1) is 18.7. The molecule has 0 saturated carbocycles. The number of benzene rings is 1. The summed E-state index contributed by atoms with van der Waals surface area (Å²) in [6.07, 6.45) is -16.7. The molecule has 0 aliphatic carbocycles. The van der Waals surface area contributed by atoms with Gasteiger partial charge in [-0.15, -0.1) is 0 Å². The number of nitrogens with one attached hydrogen (secondary N) is 1. The Bertz CT molecular complexity index is 1190. The van der Waals surface area contributed by atoms with Crippen molar-refractivity contribution < 1.29 is 40.7 Å². The molecule has 2 fully saturated rings. The standard InChI is InChI=1S/C25H28ClF6N5O3/c1-2-37-20(21(38)33-7-6-15-4-3-5-18(26)8-15)9-19(34-37)14-35-10-16-12-36(13-17(16)11-35)23(39)40-22(24(27,28)29)25(30,31)32/h3-5,8-9,16-17,22H,2,6-7,10-14H2,1H3,(H,33,38). The van der Waals surface area contributed by atoms with Crippen molar-refractivity contribution in [1.29, 1.82) is 0 Å². The first-order valence-electron chi connectivity index (χ1n) is 12.6. The van der Waals surface area contributed by atoms with Gasteiger partial charge < -0.3 is 15.0 Å². The smallest absolute Gasteiger partial charge is 0.426 e. The van der Waals surface area contributed by atoms with Gasteiger partial charge in [0.25, 0.3) is 12.0 Å². The Hall–Kier alpha value is -3.00. The monoisotopic (exact) mass is 595 g/mol. The Morgan fingerprint density at radius 1 is 1.07 bits per heavy atom. The second kappa shape index (κ2) is 11.9. The number of halogens is 7. The van der Waals surface area contributed by atoms with Gasteiger partial charge in [-0.2, -0.15) is 31.4 Å². The van der Waals surface area contributed by atoms with E-state index in [1.54, 1.807) is 16.8 Å². The zero-order valence-electron chi connectivity index (χ0n) is 21.4. The number of carbonyl (C=O) groups excluding carboxylic acids is 2. The highest BCUT2D eigenvalue weighted by Gasteiger charge is 2.60.